The first-order chi connectivity index (χ1) is 10.8. The van der Waals surface area contributed by atoms with Gasteiger partial charge in [-0.3, -0.25) is 0 Å². The third-order valence-corrected chi connectivity index (χ3v) is 4.46. The van der Waals surface area contributed by atoms with Crippen LogP contribution in [0.2, 0.25) is 0 Å². The normalized spacial score (nSPS) is 15.7. The summed E-state index contributed by atoms with van der Waals surface area (Å²) in [6.07, 6.45) is 7.34. The second-order valence-corrected chi connectivity index (χ2v) is 5.99. The zero-order chi connectivity index (χ0) is 14.9. The molecule has 112 valence electrons. The second kappa shape index (κ2) is 5.52. The molecule has 1 aliphatic rings. The van der Waals surface area contributed by atoms with Gasteiger partial charge in [0.1, 0.15) is 17.2 Å². The number of pyridine rings is 1. The van der Waals surface area contributed by atoms with Crippen LogP contribution in [-0.2, 0) is 6.42 Å². The third kappa shape index (κ3) is 2.39. The van der Waals surface area contributed by atoms with E-state index in [0.717, 1.165) is 22.6 Å². The highest BCUT2D eigenvalue weighted by Crippen LogP contribution is 2.33. The van der Waals surface area contributed by atoms with Gasteiger partial charge in [0.2, 0.25) is 0 Å². The summed E-state index contributed by atoms with van der Waals surface area (Å²) < 4.78 is 15.7. The maximum Gasteiger partial charge on any atom is 0.160 e. The van der Waals surface area contributed by atoms with Crippen LogP contribution in [-0.4, -0.2) is 14.5 Å². The smallest absolute Gasteiger partial charge is 0.160 e. The number of hydrogen-bond donors (Lipinski definition) is 0. The van der Waals surface area contributed by atoms with Gasteiger partial charge in [-0.1, -0.05) is 25.0 Å². The third-order valence-electron chi connectivity index (χ3n) is 4.46. The molecule has 1 aliphatic carbocycles. The Morgan fingerprint density at radius 2 is 2.00 bits per heavy atom. The molecule has 3 aromatic rings. The summed E-state index contributed by atoms with van der Waals surface area (Å²) in [5.41, 5.74) is 2.84. The van der Waals surface area contributed by atoms with Gasteiger partial charge in [-0.05, 0) is 42.7 Å². The fourth-order valence-electron chi connectivity index (χ4n) is 3.48. The van der Waals surface area contributed by atoms with Gasteiger partial charge < -0.3 is 4.57 Å². The van der Waals surface area contributed by atoms with Crippen LogP contribution in [0.15, 0.2) is 42.6 Å². The highest BCUT2D eigenvalue weighted by Gasteiger charge is 2.23. The highest BCUT2D eigenvalue weighted by atomic mass is 19.1. The van der Waals surface area contributed by atoms with Gasteiger partial charge in [-0.2, -0.15) is 0 Å². The van der Waals surface area contributed by atoms with Crippen molar-refractivity contribution in [3.8, 4) is 0 Å². The first-order valence-corrected chi connectivity index (χ1v) is 7.87. The van der Waals surface area contributed by atoms with Crippen molar-refractivity contribution < 1.29 is 4.39 Å². The monoisotopic (exact) mass is 295 g/mol. The van der Waals surface area contributed by atoms with Crippen molar-refractivity contribution >= 4 is 11.2 Å². The Bertz CT molecular complexity index is 803. The van der Waals surface area contributed by atoms with E-state index in [1.54, 1.807) is 12.1 Å². The van der Waals surface area contributed by atoms with Gasteiger partial charge >= 0.3 is 0 Å². The molecule has 2 heterocycles. The molecule has 1 fully saturated rings. The molecule has 0 saturated heterocycles. The van der Waals surface area contributed by atoms with Crippen molar-refractivity contribution in [2.24, 2.45) is 0 Å². The number of halogens is 1. The van der Waals surface area contributed by atoms with E-state index in [9.17, 15) is 4.39 Å². The SMILES string of the molecule is Fc1cccc(Cc2nc3cccnc3n2C2CCCC2)c1. The van der Waals surface area contributed by atoms with Crippen LogP contribution >= 0.6 is 0 Å². The van der Waals surface area contributed by atoms with E-state index >= 15 is 0 Å². The summed E-state index contributed by atoms with van der Waals surface area (Å²) in [6.45, 7) is 0. The van der Waals surface area contributed by atoms with Crippen LogP contribution in [0, 0.1) is 5.82 Å². The van der Waals surface area contributed by atoms with Crippen LogP contribution in [0.4, 0.5) is 4.39 Å². The van der Waals surface area contributed by atoms with Crippen molar-refractivity contribution in [3.05, 3.63) is 59.8 Å². The van der Waals surface area contributed by atoms with Crippen molar-refractivity contribution in [1.82, 2.24) is 14.5 Å². The summed E-state index contributed by atoms with van der Waals surface area (Å²) >= 11 is 0. The largest absolute Gasteiger partial charge is 0.309 e. The summed E-state index contributed by atoms with van der Waals surface area (Å²) in [6, 6.07) is 11.2. The van der Waals surface area contributed by atoms with Crippen LogP contribution in [0.5, 0.6) is 0 Å². The molecule has 1 saturated carbocycles. The van der Waals surface area contributed by atoms with Crippen LogP contribution in [0.1, 0.15) is 43.1 Å². The maximum absolute atomic E-state index is 13.4. The average Bonchev–Trinajstić information content (AvgIpc) is 3.13. The van der Waals surface area contributed by atoms with Crippen molar-refractivity contribution in [1.29, 1.82) is 0 Å². The summed E-state index contributed by atoms with van der Waals surface area (Å²) in [5, 5.41) is 0. The van der Waals surface area contributed by atoms with E-state index < -0.39 is 0 Å². The topological polar surface area (TPSA) is 30.7 Å². The van der Waals surface area contributed by atoms with Gasteiger partial charge in [-0.15, -0.1) is 0 Å². The molecule has 0 unspecified atom stereocenters. The number of imidazole rings is 1. The molecule has 0 amide bonds. The molecular formula is C18H18FN3. The minimum atomic E-state index is -0.195. The van der Waals surface area contributed by atoms with E-state index in [1.165, 1.54) is 31.7 Å². The molecule has 0 atom stereocenters. The Labute approximate surface area is 128 Å². The maximum atomic E-state index is 13.4. The molecule has 4 rings (SSSR count). The molecule has 0 N–H and O–H groups in total. The molecule has 4 heteroatoms. The van der Waals surface area contributed by atoms with Gasteiger partial charge in [0.25, 0.3) is 0 Å². The number of fused-ring (bicyclic) bond motifs is 1. The molecule has 0 aliphatic heterocycles. The number of aromatic nitrogens is 3. The number of rotatable bonds is 3. The molecule has 1 aromatic carbocycles. The van der Waals surface area contributed by atoms with Gasteiger partial charge in [0.15, 0.2) is 5.65 Å². The Balaban J connectivity index is 1.80. The number of benzene rings is 1. The lowest BCUT2D eigenvalue weighted by Gasteiger charge is -2.15. The lowest BCUT2D eigenvalue weighted by molar-refractivity contribution is 0.511. The minimum absolute atomic E-state index is 0.195. The Morgan fingerprint density at radius 3 is 2.82 bits per heavy atom. The average molecular weight is 295 g/mol. The van der Waals surface area contributed by atoms with Crippen LogP contribution in [0.3, 0.4) is 0 Å². The first kappa shape index (κ1) is 13.4. The van der Waals surface area contributed by atoms with Crippen molar-refractivity contribution in [2.45, 2.75) is 38.1 Å². The van der Waals surface area contributed by atoms with E-state index in [1.807, 2.05) is 24.4 Å². The summed E-state index contributed by atoms with van der Waals surface area (Å²) in [5.74, 6) is 0.797. The molecule has 0 spiro atoms. The van der Waals surface area contributed by atoms with Crippen LogP contribution in [0.25, 0.3) is 11.2 Å². The summed E-state index contributed by atoms with van der Waals surface area (Å²) in [7, 11) is 0. The predicted molar refractivity (Wildman–Crippen MR) is 84.2 cm³/mol. The molecule has 0 bridgehead atoms. The summed E-state index contributed by atoms with van der Waals surface area (Å²) in [4.78, 5) is 9.29. The number of nitrogens with zero attached hydrogens (tertiary/aromatic N) is 3. The van der Waals surface area contributed by atoms with Gasteiger partial charge in [0, 0.05) is 18.7 Å². The molecule has 22 heavy (non-hydrogen) atoms. The molecule has 0 radical (unpaired) electrons. The number of hydrogen-bond acceptors (Lipinski definition) is 2. The van der Waals surface area contributed by atoms with Gasteiger partial charge in [-0.25, -0.2) is 14.4 Å². The van der Waals surface area contributed by atoms with E-state index in [4.69, 9.17) is 4.98 Å². The molecule has 2 aromatic heterocycles. The fourth-order valence-corrected chi connectivity index (χ4v) is 3.48. The Hall–Kier alpha value is -2.23. The predicted octanol–water partition coefficient (Wildman–Crippen LogP) is 4.28. The van der Waals surface area contributed by atoms with E-state index in [2.05, 4.69) is 9.55 Å². The lowest BCUT2D eigenvalue weighted by atomic mass is 10.1. The standard InChI is InChI=1S/C18H18FN3/c19-14-6-3-5-13(11-14)12-17-21-16-9-4-10-20-18(16)22(17)15-7-1-2-8-15/h3-6,9-11,15H,1-2,7-8,12H2. The Kier molecular flexibility index (Phi) is 3.37. The highest BCUT2D eigenvalue weighted by molar-refractivity contribution is 5.71. The van der Waals surface area contributed by atoms with Gasteiger partial charge in [0.05, 0.1) is 0 Å². The quantitative estimate of drug-likeness (QED) is 0.722. The Morgan fingerprint density at radius 1 is 1.14 bits per heavy atom. The van der Waals surface area contributed by atoms with E-state index in [-0.39, 0.29) is 5.82 Å². The zero-order valence-corrected chi connectivity index (χ0v) is 12.4. The zero-order valence-electron chi connectivity index (χ0n) is 12.4. The van der Waals surface area contributed by atoms with Crippen LogP contribution < -0.4 is 0 Å². The minimum Gasteiger partial charge on any atom is -0.309 e. The lowest BCUT2D eigenvalue weighted by Crippen LogP contribution is -2.10. The molecular weight excluding hydrogens is 277 g/mol. The molecule has 3 nitrogen and oxygen atoms in total. The first-order valence-electron chi connectivity index (χ1n) is 7.87. The fraction of sp³-hybridized carbons (Fsp3) is 0.333. The van der Waals surface area contributed by atoms with Crippen molar-refractivity contribution in [2.75, 3.05) is 0 Å². The van der Waals surface area contributed by atoms with Crippen molar-refractivity contribution in [3.63, 3.8) is 0 Å². The van der Waals surface area contributed by atoms with E-state index in [0.29, 0.717) is 12.5 Å². The second-order valence-electron chi connectivity index (χ2n) is 5.99.